The van der Waals surface area contributed by atoms with Gasteiger partial charge in [0.15, 0.2) is 5.82 Å². The van der Waals surface area contributed by atoms with E-state index in [0.717, 1.165) is 38.0 Å². The summed E-state index contributed by atoms with van der Waals surface area (Å²) in [6.07, 6.45) is 4.05. The molecule has 2 N–H and O–H groups in total. The van der Waals surface area contributed by atoms with E-state index in [9.17, 15) is 9.59 Å². The molecule has 2 aliphatic rings. The lowest BCUT2D eigenvalue weighted by Crippen LogP contribution is -2.44. The Hall–Kier alpha value is -2.52. The van der Waals surface area contributed by atoms with Gasteiger partial charge in [-0.25, -0.2) is 0 Å². The summed E-state index contributed by atoms with van der Waals surface area (Å²) in [5.41, 5.74) is 0.525. The molecule has 1 aromatic heterocycles. The number of aromatic nitrogens is 2. The molecule has 2 fully saturated rings. The van der Waals surface area contributed by atoms with E-state index in [2.05, 4.69) is 25.7 Å². The fourth-order valence-electron chi connectivity index (χ4n) is 3.61. The van der Waals surface area contributed by atoms with Gasteiger partial charge in [0.2, 0.25) is 11.8 Å². The second-order valence-electron chi connectivity index (χ2n) is 7.98. The third kappa shape index (κ3) is 6.04. The molecule has 0 radical (unpaired) electrons. The Morgan fingerprint density at radius 1 is 1.22 bits per heavy atom. The maximum atomic E-state index is 12.4. The predicted molar refractivity (Wildman–Crippen MR) is 125 cm³/mol. The molecule has 1 saturated carbocycles. The third-order valence-electron chi connectivity index (χ3n) is 5.45. The van der Waals surface area contributed by atoms with Crippen molar-refractivity contribution in [1.82, 2.24) is 15.5 Å². The Labute approximate surface area is 196 Å². The van der Waals surface area contributed by atoms with Crippen molar-refractivity contribution in [3.8, 4) is 5.75 Å². The van der Waals surface area contributed by atoms with Crippen molar-refractivity contribution in [3.05, 3.63) is 35.4 Å². The Bertz CT molecular complexity index is 971. The highest BCUT2D eigenvalue weighted by Gasteiger charge is 2.31. The van der Waals surface area contributed by atoms with Crippen molar-refractivity contribution in [1.29, 1.82) is 0 Å². The second-order valence-corrected chi connectivity index (χ2v) is 9.41. The van der Waals surface area contributed by atoms with Crippen molar-refractivity contribution in [2.24, 2.45) is 5.92 Å². The number of methoxy groups -OCH3 is 1. The SMILES string of the molecule is COc1ccc(Cl)cc1NC(=O)CSc1ccc(N2CCCC(C(=O)NC3CC3)C2)nn1. The number of rotatable bonds is 8. The van der Waals surface area contributed by atoms with Gasteiger partial charge in [0, 0.05) is 24.2 Å². The molecular weight excluding hydrogens is 450 g/mol. The average Bonchev–Trinajstić information content (AvgIpc) is 3.62. The third-order valence-corrected chi connectivity index (χ3v) is 6.61. The molecule has 8 nitrogen and oxygen atoms in total. The number of nitrogens with zero attached hydrogens (tertiary/aromatic N) is 3. The molecule has 1 aliphatic heterocycles. The number of ether oxygens (including phenoxy) is 1. The normalized spacial score (nSPS) is 18.2. The smallest absolute Gasteiger partial charge is 0.234 e. The van der Waals surface area contributed by atoms with Gasteiger partial charge in [-0.3, -0.25) is 9.59 Å². The quantitative estimate of drug-likeness (QED) is 0.565. The molecule has 170 valence electrons. The van der Waals surface area contributed by atoms with Gasteiger partial charge >= 0.3 is 0 Å². The van der Waals surface area contributed by atoms with Gasteiger partial charge < -0.3 is 20.3 Å². The molecule has 10 heteroatoms. The van der Waals surface area contributed by atoms with Crippen LogP contribution in [0.5, 0.6) is 5.75 Å². The zero-order chi connectivity index (χ0) is 22.5. The summed E-state index contributed by atoms with van der Waals surface area (Å²) >= 11 is 7.30. The first kappa shape index (κ1) is 22.7. The standard InChI is InChI=1S/C22H26ClN5O3S/c1-31-18-7-4-15(23)11-17(18)25-20(29)13-32-21-9-8-19(26-27-21)28-10-2-3-14(12-28)22(30)24-16-5-6-16/h4,7-9,11,14,16H,2-3,5-6,10,12-13H2,1H3,(H,24,30)(H,25,29). The number of anilines is 2. The largest absolute Gasteiger partial charge is 0.495 e. The van der Waals surface area contributed by atoms with Gasteiger partial charge in [-0.1, -0.05) is 23.4 Å². The first-order chi connectivity index (χ1) is 15.5. The molecule has 1 unspecified atom stereocenters. The van der Waals surface area contributed by atoms with Gasteiger partial charge in [0.05, 0.1) is 24.5 Å². The van der Waals surface area contributed by atoms with E-state index < -0.39 is 0 Å². The molecule has 2 heterocycles. The van der Waals surface area contributed by atoms with Crippen LogP contribution in [0.1, 0.15) is 25.7 Å². The molecule has 4 rings (SSSR count). The van der Waals surface area contributed by atoms with E-state index in [1.807, 2.05) is 12.1 Å². The van der Waals surface area contributed by atoms with Gasteiger partial charge in [-0.2, -0.15) is 0 Å². The Balaban J connectivity index is 1.28. The number of hydrogen-bond acceptors (Lipinski definition) is 7. The van der Waals surface area contributed by atoms with E-state index in [1.54, 1.807) is 18.2 Å². The first-order valence-electron chi connectivity index (χ1n) is 10.7. The Morgan fingerprint density at radius 2 is 2.06 bits per heavy atom. The number of halogens is 1. The highest BCUT2D eigenvalue weighted by atomic mass is 35.5. The number of nitrogens with one attached hydrogen (secondary N) is 2. The molecule has 0 bridgehead atoms. The van der Waals surface area contributed by atoms with Crippen LogP contribution in [0, 0.1) is 5.92 Å². The zero-order valence-corrected chi connectivity index (χ0v) is 19.4. The monoisotopic (exact) mass is 475 g/mol. The van der Waals surface area contributed by atoms with E-state index in [0.29, 0.717) is 34.1 Å². The van der Waals surface area contributed by atoms with Gasteiger partial charge in [0.25, 0.3) is 0 Å². The van der Waals surface area contributed by atoms with Gasteiger partial charge in [-0.15, -0.1) is 10.2 Å². The van der Waals surface area contributed by atoms with Crippen molar-refractivity contribution < 1.29 is 14.3 Å². The van der Waals surface area contributed by atoms with Gasteiger partial charge in [-0.05, 0) is 56.0 Å². The van der Waals surface area contributed by atoms with Crippen LogP contribution in [0.2, 0.25) is 5.02 Å². The van der Waals surface area contributed by atoms with Crippen LogP contribution in [0.15, 0.2) is 35.4 Å². The van der Waals surface area contributed by atoms with E-state index in [-0.39, 0.29) is 23.5 Å². The van der Waals surface area contributed by atoms with Crippen molar-refractivity contribution in [2.45, 2.75) is 36.8 Å². The molecule has 1 aromatic carbocycles. The molecule has 1 saturated heterocycles. The molecule has 32 heavy (non-hydrogen) atoms. The average molecular weight is 476 g/mol. The Kier molecular flexibility index (Phi) is 7.36. The number of benzene rings is 1. The number of thioether (sulfide) groups is 1. The predicted octanol–water partition coefficient (Wildman–Crippen LogP) is 3.36. The van der Waals surface area contributed by atoms with Crippen LogP contribution in [-0.2, 0) is 9.59 Å². The van der Waals surface area contributed by atoms with E-state index in [1.165, 1.54) is 18.9 Å². The molecular formula is C22H26ClN5O3S. The molecule has 1 aliphatic carbocycles. The minimum Gasteiger partial charge on any atom is -0.495 e. The number of carbonyl (C=O) groups excluding carboxylic acids is 2. The fourth-order valence-corrected chi connectivity index (χ4v) is 4.39. The van der Waals surface area contributed by atoms with Crippen molar-refractivity contribution >= 4 is 46.7 Å². The fraction of sp³-hybridized carbons (Fsp3) is 0.455. The maximum Gasteiger partial charge on any atom is 0.234 e. The minimum absolute atomic E-state index is 0.00706. The molecule has 0 spiro atoms. The maximum absolute atomic E-state index is 12.4. The Morgan fingerprint density at radius 3 is 2.78 bits per heavy atom. The summed E-state index contributed by atoms with van der Waals surface area (Å²) < 4.78 is 5.25. The number of hydrogen-bond donors (Lipinski definition) is 2. The van der Waals surface area contributed by atoms with Crippen molar-refractivity contribution in [3.63, 3.8) is 0 Å². The lowest BCUT2D eigenvalue weighted by molar-refractivity contribution is -0.125. The van der Waals surface area contributed by atoms with Crippen LogP contribution in [0.4, 0.5) is 11.5 Å². The molecule has 2 amide bonds. The van der Waals surface area contributed by atoms with E-state index >= 15 is 0 Å². The van der Waals surface area contributed by atoms with Crippen LogP contribution >= 0.6 is 23.4 Å². The second kappa shape index (κ2) is 10.4. The lowest BCUT2D eigenvalue weighted by atomic mass is 9.97. The summed E-state index contributed by atoms with van der Waals surface area (Å²) in [6, 6.07) is 9.19. The summed E-state index contributed by atoms with van der Waals surface area (Å²) in [6.45, 7) is 1.52. The van der Waals surface area contributed by atoms with Gasteiger partial charge in [0.1, 0.15) is 10.8 Å². The highest BCUT2D eigenvalue weighted by Crippen LogP contribution is 2.28. The topological polar surface area (TPSA) is 96.5 Å². The zero-order valence-electron chi connectivity index (χ0n) is 17.8. The first-order valence-corrected chi connectivity index (χ1v) is 12.0. The summed E-state index contributed by atoms with van der Waals surface area (Å²) in [5.74, 6) is 1.43. The van der Waals surface area contributed by atoms with E-state index in [4.69, 9.17) is 16.3 Å². The van der Waals surface area contributed by atoms with Crippen molar-refractivity contribution in [2.75, 3.05) is 36.2 Å². The molecule has 1 atom stereocenters. The summed E-state index contributed by atoms with van der Waals surface area (Å²) in [4.78, 5) is 26.8. The summed E-state index contributed by atoms with van der Waals surface area (Å²) in [7, 11) is 1.54. The number of amides is 2. The van der Waals surface area contributed by atoms with Crippen LogP contribution < -0.4 is 20.3 Å². The highest BCUT2D eigenvalue weighted by molar-refractivity contribution is 7.99. The van der Waals surface area contributed by atoms with Crippen LogP contribution in [0.3, 0.4) is 0 Å². The number of carbonyl (C=O) groups is 2. The molecule has 2 aromatic rings. The van der Waals surface area contributed by atoms with Crippen LogP contribution in [0.25, 0.3) is 0 Å². The minimum atomic E-state index is -0.193. The summed E-state index contributed by atoms with van der Waals surface area (Å²) in [5, 5.41) is 15.7. The number of piperidine rings is 1. The lowest BCUT2D eigenvalue weighted by Gasteiger charge is -2.32. The van der Waals surface area contributed by atoms with Crippen LogP contribution in [-0.4, -0.2) is 54.0 Å².